The van der Waals surface area contributed by atoms with Crippen molar-refractivity contribution in [1.29, 1.82) is 0 Å². The van der Waals surface area contributed by atoms with Crippen molar-refractivity contribution in [2.45, 2.75) is 45.2 Å². The summed E-state index contributed by atoms with van der Waals surface area (Å²) in [6.45, 7) is 0.325. The molecule has 8 nitrogen and oxygen atoms in total. The van der Waals surface area contributed by atoms with Crippen molar-refractivity contribution in [2.24, 2.45) is 11.3 Å². The molecule has 0 unspecified atom stereocenters. The molecule has 196 valence electrons. The molecule has 0 radical (unpaired) electrons. The second-order valence-corrected chi connectivity index (χ2v) is 12.2. The van der Waals surface area contributed by atoms with Crippen molar-refractivity contribution in [2.75, 3.05) is 26.0 Å². The first-order valence-corrected chi connectivity index (χ1v) is 13.4. The Morgan fingerprint density at radius 1 is 1.17 bits per heavy atom. The Hall–Kier alpha value is -2.51. The average Bonchev–Trinajstić information content (AvgIpc) is 3.09. The summed E-state index contributed by atoms with van der Waals surface area (Å²) in [4.78, 5) is 18.9. The fourth-order valence-corrected chi connectivity index (χ4v) is 6.52. The van der Waals surface area contributed by atoms with Crippen molar-refractivity contribution >= 4 is 10.0 Å². The number of hydrogen-bond donors (Lipinski definition) is 0. The van der Waals surface area contributed by atoms with Gasteiger partial charge in [-0.05, 0) is 47.4 Å². The molecule has 1 saturated carbocycles. The van der Waals surface area contributed by atoms with Crippen LogP contribution in [0.25, 0.3) is 0 Å². The molecule has 0 N–H and O–H groups in total. The Balaban J connectivity index is 1.24. The minimum Gasteiger partial charge on any atom is -0.486 e. The van der Waals surface area contributed by atoms with Gasteiger partial charge < -0.3 is 4.74 Å². The van der Waals surface area contributed by atoms with Gasteiger partial charge in [0.1, 0.15) is 18.2 Å². The largest absolute Gasteiger partial charge is 0.486 e. The minimum absolute atomic E-state index is 0.0100. The molecule has 0 bridgehead atoms. The van der Waals surface area contributed by atoms with E-state index in [9.17, 15) is 30.8 Å². The maximum Gasteiger partial charge on any atom is 0.406 e. The molecule has 3 aliphatic rings. The van der Waals surface area contributed by atoms with E-state index in [0.29, 0.717) is 30.7 Å². The first kappa shape index (κ1) is 25.2. The van der Waals surface area contributed by atoms with Gasteiger partial charge in [0.25, 0.3) is 5.56 Å². The van der Waals surface area contributed by atoms with Gasteiger partial charge >= 0.3 is 6.18 Å². The molecule has 2 aliphatic heterocycles. The molecule has 5 rings (SSSR count). The fourth-order valence-electron chi connectivity index (χ4n) is 5.51. The van der Waals surface area contributed by atoms with E-state index in [4.69, 9.17) is 4.74 Å². The number of rotatable bonds is 7. The molecule has 3 heterocycles. The number of benzene rings is 1. The molecule has 2 fully saturated rings. The lowest BCUT2D eigenvalue weighted by atomic mass is 9.59. The second-order valence-electron chi connectivity index (χ2n) is 10.2. The minimum atomic E-state index is -4.63. The SMILES string of the molecule is CS(=O)(=O)N1CC2(CC(COc3cnc(CN4Cc5ccc(F)cc5C4)n(CC(F)(F)F)c3=O)C2)C1. The van der Waals surface area contributed by atoms with Crippen LogP contribution < -0.4 is 10.3 Å². The lowest BCUT2D eigenvalue weighted by Gasteiger charge is -2.58. The molecule has 36 heavy (non-hydrogen) atoms. The van der Waals surface area contributed by atoms with E-state index in [2.05, 4.69) is 4.98 Å². The highest BCUT2D eigenvalue weighted by Crippen LogP contribution is 2.52. The van der Waals surface area contributed by atoms with Crippen LogP contribution in [0.5, 0.6) is 5.75 Å². The predicted molar refractivity (Wildman–Crippen MR) is 121 cm³/mol. The van der Waals surface area contributed by atoms with Crippen molar-refractivity contribution < 1.29 is 30.7 Å². The summed E-state index contributed by atoms with van der Waals surface area (Å²) in [6.07, 6.45) is -0.832. The van der Waals surface area contributed by atoms with Gasteiger partial charge in [0.2, 0.25) is 15.8 Å². The van der Waals surface area contributed by atoms with Crippen molar-refractivity contribution in [1.82, 2.24) is 18.8 Å². The highest BCUT2D eigenvalue weighted by atomic mass is 32.2. The average molecular weight is 531 g/mol. The Labute approximate surface area is 205 Å². The Bertz CT molecular complexity index is 1330. The molecule has 1 aromatic carbocycles. The van der Waals surface area contributed by atoms with Crippen molar-refractivity contribution in [3.8, 4) is 5.75 Å². The van der Waals surface area contributed by atoms with Crippen molar-refractivity contribution in [3.63, 3.8) is 0 Å². The van der Waals surface area contributed by atoms with E-state index in [1.54, 1.807) is 11.0 Å². The normalized spacial score (nSPS) is 20.2. The summed E-state index contributed by atoms with van der Waals surface area (Å²) in [7, 11) is -3.20. The predicted octanol–water partition coefficient (Wildman–Crippen LogP) is 2.51. The molecular weight excluding hydrogens is 504 g/mol. The van der Waals surface area contributed by atoms with Crippen molar-refractivity contribution in [3.05, 3.63) is 57.5 Å². The van der Waals surface area contributed by atoms with Crippen LogP contribution in [0.1, 0.15) is 29.8 Å². The third-order valence-electron chi connectivity index (χ3n) is 7.17. The number of aromatic nitrogens is 2. The van der Waals surface area contributed by atoms with Gasteiger partial charge in [-0.15, -0.1) is 0 Å². The Morgan fingerprint density at radius 3 is 2.53 bits per heavy atom. The summed E-state index contributed by atoms with van der Waals surface area (Å²) in [5.74, 6) is -0.588. The lowest BCUT2D eigenvalue weighted by molar-refractivity contribution is -0.142. The third kappa shape index (κ3) is 5.14. The quantitative estimate of drug-likeness (QED) is 0.512. The maximum absolute atomic E-state index is 13.5. The summed E-state index contributed by atoms with van der Waals surface area (Å²) in [6, 6.07) is 4.38. The summed E-state index contributed by atoms with van der Waals surface area (Å²) in [5, 5.41) is 0. The molecule has 0 amide bonds. The zero-order valence-electron chi connectivity index (χ0n) is 19.6. The van der Waals surface area contributed by atoms with Gasteiger partial charge in [0, 0.05) is 26.2 Å². The third-order valence-corrected chi connectivity index (χ3v) is 8.36. The Morgan fingerprint density at radius 2 is 1.86 bits per heavy atom. The summed E-state index contributed by atoms with van der Waals surface area (Å²) < 4.78 is 84.1. The number of ether oxygens (including phenoxy) is 1. The standard InChI is InChI=1S/C23H26F4N4O4S/c1-36(33,34)30-12-22(13-30)5-15(6-22)11-35-19-7-28-20(31(21(19)32)14-23(25,26)27)10-29-8-16-2-3-18(24)4-17(16)9-29/h2-4,7,15H,5-6,8-14H2,1H3. The second kappa shape index (κ2) is 8.80. The van der Waals surface area contributed by atoms with Gasteiger partial charge in [-0.1, -0.05) is 6.07 Å². The van der Waals surface area contributed by atoms with Gasteiger partial charge in [0.05, 0.1) is 25.6 Å². The topological polar surface area (TPSA) is 84.7 Å². The number of nitrogens with zero attached hydrogens (tertiary/aromatic N) is 4. The zero-order valence-corrected chi connectivity index (χ0v) is 20.4. The highest BCUT2D eigenvalue weighted by Gasteiger charge is 2.54. The number of hydrogen-bond acceptors (Lipinski definition) is 6. The molecule has 1 aliphatic carbocycles. The monoisotopic (exact) mass is 530 g/mol. The van der Waals surface area contributed by atoms with Gasteiger partial charge in [-0.25, -0.2) is 22.1 Å². The van der Waals surface area contributed by atoms with E-state index >= 15 is 0 Å². The molecule has 1 aromatic heterocycles. The molecule has 1 spiro atoms. The first-order valence-electron chi connectivity index (χ1n) is 11.5. The first-order chi connectivity index (χ1) is 16.8. The van der Waals surface area contributed by atoms with Crippen LogP contribution in [-0.2, 0) is 36.2 Å². The van der Waals surface area contributed by atoms with E-state index in [-0.39, 0.29) is 41.9 Å². The summed E-state index contributed by atoms with van der Waals surface area (Å²) >= 11 is 0. The van der Waals surface area contributed by atoms with Crippen LogP contribution in [0.4, 0.5) is 17.6 Å². The van der Waals surface area contributed by atoms with Crippen LogP contribution in [0.2, 0.25) is 0 Å². The van der Waals surface area contributed by atoms with E-state index < -0.39 is 28.3 Å². The molecular formula is C23H26F4N4O4S. The van der Waals surface area contributed by atoms with Crippen LogP contribution in [0, 0.1) is 17.2 Å². The van der Waals surface area contributed by atoms with Gasteiger partial charge in [-0.2, -0.15) is 13.2 Å². The smallest absolute Gasteiger partial charge is 0.406 e. The van der Waals surface area contributed by atoms with E-state index in [1.165, 1.54) is 22.7 Å². The van der Waals surface area contributed by atoms with E-state index in [1.807, 2.05) is 0 Å². The molecule has 2 aromatic rings. The fraction of sp³-hybridized carbons (Fsp3) is 0.565. The molecule has 0 atom stereocenters. The van der Waals surface area contributed by atoms with Gasteiger partial charge in [-0.3, -0.25) is 14.3 Å². The lowest BCUT2D eigenvalue weighted by Crippen LogP contribution is -2.63. The number of halogens is 4. The Kier molecular flexibility index (Phi) is 6.15. The number of alkyl halides is 3. The zero-order chi connectivity index (χ0) is 25.9. The number of fused-ring (bicyclic) bond motifs is 1. The molecule has 13 heteroatoms. The van der Waals surface area contributed by atoms with Gasteiger partial charge in [0.15, 0.2) is 0 Å². The van der Waals surface area contributed by atoms with Crippen LogP contribution in [-0.4, -0.2) is 59.3 Å². The van der Waals surface area contributed by atoms with Crippen LogP contribution >= 0.6 is 0 Å². The van der Waals surface area contributed by atoms with Crippen LogP contribution in [0.3, 0.4) is 0 Å². The summed E-state index contributed by atoms with van der Waals surface area (Å²) in [5.41, 5.74) is 0.668. The van der Waals surface area contributed by atoms with Crippen LogP contribution in [0.15, 0.2) is 29.2 Å². The number of sulfonamides is 1. The van der Waals surface area contributed by atoms with E-state index in [0.717, 1.165) is 30.2 Å². The highest BCUT2D eigenvalue weighted by molar-refractivity contribution is 7.88. The maximum atomic E-state index is 13.5. The molecule has 1 saturated heterocycles.